The van der Waals surface area contributed by atoms with Crippen molar-refractivity contribution in [1.29, 1.82) is 0 Å². The van der Waals surface area contributed by atoms with Crippen molar-refractivity contribution in [2.75, 3.05) is 39.9 Å². The van der Waals surface area contributed by atoms with Crippen LogP contribution >= 0.6 is 12.4 Å². The molecule has 6 heteroatoms. The first-order valence-electron chi connectivity index (χ1n) is 10.3. The second kappa shape index (κ2) is 10.3. The highest BCUT2D eigenvalue weighted by Crippen LogP contribution is 2.33. The first-order valence-corrected chi connectivity index (χ1v) is 10.3. The molecule has 1 aliphatic carbocycles. The monoisotopic (exact) mass is 388 g/mol. The van der Waals surface area contributed by atoms with E-state index in [9.17, 15) is 4.79 Å². The van der Waals surface area contributed by atoms with Gasteiger partial charge < -0.3 is 19.7 Å². The number of methoxy groups -OCH3 is 1. The van der Waals surface area contributed by atoms with Crippen molar-refractivity contribution < 1.29 is 14.3 Å². The minimum atomic E-state index is -0.312. The second-order valence-corrected chi connectivity index (χ2v) is 8.47. The molecule has 5 nitrogen and oxygen atoms in total. The van der Waals surface area contributed by atoms with E-state index in [1.54, 1.807) is 7.11 Å². The maximum absolute atomic E-state index is 13.2. The summed E-state index contributed by atoms with van der Waals surface area (Å²) in [6, 6.07) is 0. The molecule has 0 spiro atoms. The van der Waals surface area contributed by atoms with Crippen LogP contribution in [0.4, 0.5) is 0 Å². The van der Waals surface area contributed by atoms with E-state index in [-0.39, 0.29) is 17.8 Å². The number of ether oxygens (including phenoxy) is 2. The maximum Gasteiger partial charge on any atom is 0.231 e. The van der Waals surface area contributed by atoms with Crippen molar-refractivity contribution in [2.24, 2.45) is 11.3 Å². The van der Waals surface area contributed by atoms with Crippen molar-refractivity contribution in [2.45, 2.75) is 70.5 Å². The second-order valence-electron chi connectivity index (χ2n) is 8.47. The first kappa shape index (κ1) is 21.9. The Morgan fingerprint density at radius 3 is 2.19 bits per heavy atom. The predicted molar refractivity (Wildman–Crippen MR) is 106 cm³/mol. The number of piperidine rings is 2. The summed E-state index contributed by atoms with van der Waals surface area (Å²) in [7, 11) is 1.71. The topological polar surface area (TPSA) is 50.8 Å². The van der Waals surface area contributed by atoms with E-state index in [1.807, 2.05) is 0 Å². The highest BCUT2D eigenvalue weighted by Gasteiger charge is 2.43. The van der Waals surface area contributed by atoms with Gasteiger partial charge in [-0.2, -0.15) is 0 Å². The van der Waals surface area contributed by atoms with E-state index in [4.69, 9.17) is 9.47 Å². The average molecular weight is 389 g/mol. The Bertz CT molecular complexity index is 421. The molecule has 1 N–H and O–H groups in total. The van der Waals surface area contributed by atoms with E-state index in [0.717, 1.165) is 57.8 Å². The van der Waals surface area contributed by atoms with Crippen molar-refractivity contribution in [1.82, 2.24) is 10.2 Å². The molecule has 0 radical (unpaired) electrons. The van der Waals surface area contributed by atoms with Crippen LogP contribution < -0.4 is 5.32 Å². The summed E-state index contributed by atoms with van der Waals surface area (Å²) in [5.41, 5.74) is -0.312. The largest absolute Gasteiger partial charge is 0.384 e. The highest BCUT2D eigenvalue weighted by molar-refractivity contribution is 5.85. The molecule has 2 saturated heterocycles. The zero-order chi connectivity index (χ0) is 17.7. The van der Waals surface area contributed by atoms with Crippen LogP contribution in [0.5, 0.6) is 0 Å². The Labute approximate surface area is 165 Å². The molecule has 0 unspecified atom stereocenters. The molecule has 2 aliphatic heterocycles. The number of rotatable bonds is 5. The van der Waals surface area contributed by atoms with Crippen molar-refractivity contribution in [3.63, 3.8) is 0 Å². The third-order valence-electron chi connectivity index (χ3n) is 6.51. The lowest BCUT2D eigenvalue weighted by atomic mass is 9.78. The van der Waals surface area contributed by atoms with Crippen LogP contribution in [0.3, 0.4) is 0 Å². The third kappa shape index (κ3) is 5.34. The van der Waals surface area contributed by atoms with E-state index >= 15 is 0 Å². The number of amides is 1. The summed E-state index contributed by atoms with van der Waals surface area (Å²) < 4.78 is 11.8. The lowest BCUT2D eigenvalue weighted by Crippen LogP contribution is -2.54. The van der Waals surface area contributed by atoms with Crippen LogP contribution in [0.15, 0.2) is 0 Å². The summed E-state index contributed by atoms with van der Waals surface area (Å²) in [5, 5.41) is 3.37. The molecule has 0 aromatic rings. The standard InChI is InChI=1S/C20H36N2O3.ClH/c1-16-3-5-17(6-4-16)25-18-7-13-22(14-8-18)19(23)20(15-24-2)9-11-21-12-10-20;/h16-18,21H,3-15H2,1-2H3;1H. The zero-order valence-corrected chi connectivity index (χ0v) is 17.3. The van der Waals surface area contributed by atoms with Crippen LogP contribution in [-0.2, 0) is 14.3 Å². The molecular formula is C20H37ClN2O3. The molecule has 1 amide bonds. The van der Waals surface area contributed by atoms with E-state index < -0.39 is 0 Å². The Hall–Kier alpha value is -0.360. The molecule has 3 fully saturated rings. The lowest BCUT2D eigenvalue weighted by molar-refractivity contribution is -0.151. The molecule has 2 heterocycles. The van der Waals surface area contributed by atoms with Crippen LogP contribution in [0.25, 0.3) is 0 Å². The SMILES string of the molecule is COCC1(C(=O)N2CCC(OC3CCC(C)CC3)CC2)CCNCC1.Cl. The highest BCUT2D eigenvalue weighted by atomic mass is 35.5. The Balaban J connectivity index is 0.00000243. The van der Waals surface area contributed by atoms with Gasteiger partial charge in [-0.05, 0) is 70.4 Å². The van der Waals surface area contributed by atoms with Crippen LogP contribution in [0, 0.1) is 11.3 Å². The molecule has 152 valence electrons. The van der Waals surface area contributed by atoms with Gasteiger partial charge in [-0.1, -0.05) is 6.92 Å². The molecule has 1 saturated carbocycles. The van der Waals surface area contributed by atoms with Crippen LogP contribution in [-0.4, -0.2) is 62.9 Å². The Kier molecular flexibility index (Phi) is 8.65. The van der Waals surface area contributed by atoms with Crippen molar-refractivity contribution >= 4 is 18.3 Å². The fraction of sp³-hybridized carbons (Fsp3) is 0.950. The predicted octanol–water partition coefficient (Wildman–Crippen LogP) is 3.01. The maximum atomic E-state index is 13.2. The molecule has 26 heavy (non-hydrogen) atoms. The van der Waals surface area contributed by atoms with Gasteiger partial charge in [0.15, 0.2) is 0 Å². The molecule has 0 aromatic carbocycles. The summed E-state index contributed by atoms with van der Waals surface area (Å²) in [4.78, 5) is 15.3. The van der Waals surface area contributed by atoms with Crippen molar-refractivity contribution in [3.8, 4) is 0 Å². The fourth-order valence-corrected chi connectivity index (χ4v) is 4.77. The smallest absolute Gasteiger partial charge is 0.231 e. The average Bonchev–Trinajstić information content (AvgIpc) is 2.65. The molecular weight excluding hydrogens is 352 g/mol. The van der Waals surface area contributed by atoms with E-state index in [0.29, 0.717) is 24.7 Å². The van der Waals surface area contributed by atoms with Crippen LogP contribution in [0.2, 0.25) is 0 Å². The Morgan fingerprint density at radius 1 is 1.04 bits per heavy atom. The van der Waals surface area contributed by atoms with E-state index in [1.165, 1.54) is 25.7 Å². The van der Waals surface area contributed by atoms with E-state index in [2.05, 4.69) is 17.1 Å². The van der Waals surface area contributed by atoms with Gasteiger partial charge in [0, 0.05) is 20.2 Å². The number of nitrogens with zero attached hydrogens (tertiary/aromatic N) is 1. The quantitative estimate of drug-likeness (QED) is 0.786. The minimum Gasteiger partial charge on any atom is -0.384 e. The number of hydrogen-bond donors (Lipinski definition) is 1. The number of carbonyl (C=O) groups is 1. The lowest BCUT2D eigenvalue weighted by Gasteiger charge is -2.42. The summed E-state index contributed by atoms with van der Waals surface area (Å²) >= 11 is 0. The van der Waals surface area contributed by atoms with Gasteiger partial charge in [-0.3, -0.25) is 4.79 Å². The molecule has 0 aromatic heterocycles. The fourth-order valence-electron chi connectivity index (χ4n) is 4.77. The summed E-state index contributed by atoms with van der Waals surface area (Å²) in [5.74, 6) is 1.17. The summed E-state index contributed by atoms with van der Waals surface area (Å²) in [6.45, 7) is 6.39. The minimum absolute atomic E-state index is 0. The normalized spacial score (nSPS) is 29.8. The van der Waals surface area contributed by atoms with Gasteiger partial charge in [0.25, 0.3) is 0 Å². The molecule has 3 aliphatic rings. The number of nitrogens with one attached hydrogen (secondary N) is 1. The Morgan fingerprint density at radius 2 is 1.62 bits per heavy atom. The first-order chi connectivity index (χ1) is 12.1. The van der Waals surface area contributed by atoms with Gasteiger partial charge in [0.05, 0.1) is 24.2 Å². The summed E-state index contributed by atoms with van der Waals surface area (Å²) in [6.07, 6.45) is 9.56. The van der Waals surface area contributed by atoms with Gasteiger partial charge in [0.2, 0.25) is 5.91 Å². The molecule has 0 atom stereocenters. The third-order valence-corrected chi connectivity index (χ3v) is 6.51. The zero-order valence-electron chi connectivity index (χ0n) is 16.5. The number of hydrogen-bond acceptors (Lipinski definition) is 4. The number of likely N-dealkylation sites (tertiary alicyclic amines) is 1. The van der Waals surface area contributed by atoms with Crippen LogP contribution in [0.1, 0.15) is 58.3 Å². The molecule has 3 rings (SSSR count). The van der Waals surface area contributed by atoms with Gasteiger partial charge in [0.1, 0.15) is 0 Å². The van der Waals surface area contributed by atoms with Gasteiger partial charge in [-0.15, -0.1) is 12.4 Å². The molecule has 0 bridgehead atoms. The number of carbonyl (C=O) groups excluding carboxylic acids is 1. The van der Waals surface area contributed by atoms with Gasteiger partial charge >= 0.3 is 0 Å². The van der Waals surface area contributed by atoms with Crippen molar-refractivity contribution in [3.05, 3.63) is 0 Å². The van der Waals surface area contributed by atoms with Gasteiger partial charge in [-0.25, -0.2) is 0 Å². The number of halogens is 1.